The summed E-state index contributed by atoms with van der Waals surface area (Å²) in [4.78, 5) is 13.7. The van der Waals surface area contributed by atoms with Crippen LogP contribution in [0, 0.1) is 0 Å². The first kappa shape index (κ1) is 15.7. The van der Waals surface area contributed by atoms with E-state index in [1.54, 1.807) is 56.7 Å². The molecular weight excluding hydrogens is 282 g/mol. The van der Waals surface area contributed by atoms with Gasteiger partial charge < -0.3 is 18.8 Å². The van der Waals surface area contributed by atoms with Gasteiger partial charge in [-0.15, -0.1) is 0 Å². The van der Waals surface area contributed by atoms with Crippen molar-refractivity contribution in [3.8, 4) is 11.5 Å². The van der Waals surface area contributed by atoms with Crippen molar-refractivity contribution in [1.29, 1.82) is 0 Å². The fourth-order valence-electron chi connectivity index (χ4n) is 1.98. The molecular formula is C17H19NO4. The van der Waals surface area contributed by atoms with Gasteiger partial charge in [-0.25, -0.2) is 0 Å². The van der Waals surface area contributed by atoms with Crippen LogP contribution >= 0.6 is 0 Å². The van der Waals surface area contributed by atoms with Gasteiger partial charge in [-0.2, -0.15) is 0 Å². The normalized spacial score (nSPS) is 10.7. The third kappa shape index (κ3) is 3.91. The minimum Gasteiger partial charge on any atom is -0.497 e. The van der Waals surface area contributed by atoms with Gasteiger partial charge in [0.25, 0.3) is 0 Å². The molecule has 0 unspecified atom stereocenters. The van der Waals surface area contributed by atoms with Crippen LogP contribution in [0.4, 0.5) is 0 Å². The van der Waals surface area contributed by atoms with Gasteiger partial charge in [0, 0.05) is 31.3 Å². The Balaban J connectivity index is 2.04. The Morgan fingerprint density at radius 3 is 2.73 bits per heavy atom. The highest BCUT2D eigenvalue weighted by Gasteiger charge is 2.11. The van der Waals surface area contributed by atoms with Crippen molar-refractivity contribution in [2.45, 2.75) is 6.54 Å². The van der Waals surface area contributed by atoms with Crippen molar-refractivity contribution in [3.63, 3.8) is 0 Å². The van der Waals surface area contributed by atoms with Gasteiger partial charge in [-0.1, -0.05) is 0 Å². The molecule has 0 saturated carbocycles. The van der Waals surface area contributed by atoms with Gasteiger partial charge in [0.15, 0.2) is 0 Å². The highest BCUT2D eigenvalue weighted by molar-refractivity contribution is 5.91. The molecule has 0 spiro atoms. The first-order chi connectivity index (χ1) is 10.6. The Morgan fingerprint density at radius 1 is 1.27 bits per heavy atom. The lowest BCUT2D eigenvalue weighted by Gasteiger charge is -2.17. The molecule has 0 atom stereocenters. The number of ether oxygens (including phenoxy) is 2. The summed E-state index contributed by atoms with van der Waals surface area (Å²) in [6.07, 6.45) is 4.69. The summed E-state index contributed by atoms with van der Waals surface area (Å²) in [5.41, 5.74) is 0.908. The van der Waals surface area contributed by atoms with Crippen LogP contribution < -0.4 is 9.47 Å². The summed E-state index contributed by atoms with van der Waals surface area (Å²) in [5.74, 6) is 1.93. The van der Waals surface area contributed by atoms with Crippen LogP contribution in [0.15, 0.2) is 47.1 Å². The van der Waals surface area contributed by atoms with E-state index >= 15 is 0 Å². The smallest absolute Gasteiger partial charge is 0.246 e. The third-order valence-electron chi connectivity index (χ3n) is 3.21. The Kier molecular flexibility index (Phi) is 5.25. The number of carbonyl (C=O) groups is 1. The minimum absolute atomic E-state index is 0.116. The first-order valence-electron chi connectivity index (χ1n) is 6.81. The number of furan rings is 1. The molecule has 1 aromatic carbocycles. The van der Waals surface area contributed by atoms with Crippen molar-refractivity contribution >= 4 is 12.0 Å². The lowest BCUT2D eigenvalue weighted by atomic mass is 10.1. The van der Waals surface area contributed by atoms with E-state index < -0.39 is 0 Å². The number of benzene rings is 1. The number of carbonyl (C=O) groups excluding carboxylic acids is 1. The number of likely N-dealkylation sites (N-methyl/N-ethyl adjacent to an activating group) is 1. The maximum atomic E-state index is 12.1. The van der Waals surface area contributed by atoms with Crippen LogP contribution in [0.1, 0.15) is 11.3 Å². The molecule has 0 radical (unpaired) electrons. The lowest BCUT2D eigenvalue weighted by Crippen LogP contribution is -2.24. The summed E-state index contributed by atoms with van der Waals surface area (Å²) in [7, 11) is 4.93. The van der Waals surface area contributed by atoms with Gasteiger partial charge in [-0.05, 0) is 30.3 Å². The molecule has 1 aromatic heterocycles. The SMILES string of the molecule is COc1ccc(CN(C)C(=O)/C=C/c2ccco2)c(OC)c1. The van der Waals surface area contributed by atoms with Crippen LogP contribution in [0.25, 0.3) is 6.08 Å². The average molecular weight is 301 g/mol. The predicted octanol–water partition coefficient (Wildman–Crippen LogP) is 2.97. The zero-order valence-corrected chi connectivity index (χ0v) is 12.9. The molecule has 5 nitrogen and oxygen atoms in total. The van der Waals surface area contributed by atoms with Crippen LogP contribution in [0.2, 0.25) is 0 Å². The van der Waals surface area contributed by atoms with Crippen molar-refractivity contribution < 1.29 is 18.7 Å². The predicted molar refractivity (Wildman–Crippen MR) is 83.8 cm³/mol. The van der Waals surface area contributed by atoms with E-state index in [0.717, 1.165) is 5.56 Å². The number of rotatable bonds is 6. The van der Waals surface area contributed by atoms with Crippen molar-refractivity contribution in [2.75, 3.05) is 21.3 Å². The van der Waals surface area contributed by atoms with E-state index in [4.69, 9.17) is 13.9 Å². The second-order valence-corrected chi connectivity index (χ2v) is 4.72. The summed E-state index contributed by atoms with van der Waals surface area (Å²) in [5, 5.41) is 0. The average Bonchev–Trinajstić information content (AvgIpc) is 3.06. The lowest BCUT2D eigenvalue weighted by molar-refractivity contribution is -0.125. The van der Waals surface area contributed by atoms with Crippen molar-refractivity contribution in [2.24, 2.45) is 0 Å². The highest BCUT2D eigenvalue weighted by atomic mass is 16.5. The van der Waals surface area contributed by atoms with Crippen molar-refractivity contribution in [3.05, 3.63) is 54.0 Å². The summed E-state index contributed by atoms with van der Waals surface area (Å²) < 4.78 is 15.7. The molecule has 22 heavy (non-hydrogen) atoms. The molecule has 2 rings (SSSR count). The number of hydrogen-bond donors (Lipinski definition) is 0. The topological polar surface area (TPSA) is 51.9 Å². The summed E-state index contributed by atoms with van der Waals surface area (Å²) in [6.45, 7) is 0.439. The Labute approximate surface area is 129 Å². The van der Waals surface area contributed by atoms with Crippen LogP contribution in [-0.2, 0) is 11.3 Å². The Hall–Kier alpha value is -2.69. The largest absolute Gasteiger partial charge is 0.497 e. The first-order valence-corrected chi connectivity index (χ1v) is 6.81. The van der Waals surface area contributed by atoms with E-state index in [1.807, 2.05) is 12.1 Å². The molecule has 0 aliphatic carbocycles. The van der Waals surface area contributed by atoms with Gasteiger partial charge >= 0.3 is 0 Å². The summed E-state index contributed by atoms with van der Waals surface area (Å²) >= 11 is 0. The summed E-state index contributed by atoms with van der Waals surface area (Å²) in [6, 6.07) is 9.09. The second-order valence-electron chi connectivity index (χ2n) is 4.72. The number of nitrogens with zero attached hydrogens (tertiary/aromatic N) is 1. The second kappa shape index (κ2) is 7.36. The maximum Gasteiger partial charge on any atom is 0.246 e. The van der Waals surface area contributed by atoms with Crippen LogP contribution in [0.3, 0.4) is 0 Å². The van der Waals surface area contributed by atoms with Gasteiger partial charge in [0.1, 0.15) is 17.3 Å². The fourth-order valence-corrected chi connectivity index (χ4v) is 1.98. The van der Waals surface area contributed by atoms with Gasteiger partial charge in [0.2, 0.25) is 5.91 Å². The van der Waals surface area contributed by atoms with Gasteiger partial charge in [0.05, 0.1) is 20.5 Å². The van der Waals surface area contributed by atoms with E-state index in [1.165, 1.54) is 6.08 Å². The number of methoxy groups -OCH3 is 2. The molecule has 116 valence electrons. The van der Waals surface area contributed by atoms with Crippen LogP contribution in [-0.4, -0.2) is 32.1 Å². The molecule has 0 bridgehead atoms. The number of hydrogen-bond acceptors (Lipinski definition) is 4. The Morgan fingerprint density at radius 2 is 2.09 bits per heavy atom. The number of amides is 1. The van der Waals surface area contributed by atoms with Crippen LogP contribution in [0.5, 0.6) is 11.5 Å². The van der Waals surface area contributed by atoms with E-state index in [9.17, 15) is 4.79 Å². The molecule has 0 aliphatic rings. The monoisotopic (exact) mass is 301 g/mol. The Bertz CT molecular complexity index is 647. The zero-order chi connectivity index (χ0) is 15.9. The van der Waals surface area contributed by atoms with Crippen molar-refractivity contribution in [1.82, 2.24) is 4.90 Å². The van der Waals surface area contributed by atoms with E-state index in [-0.39, 0.29) is 5.91 Å². The maximum absolute atomic E-state index is 12.1. The minimum atomic E-state index is -0.116. The molecule has 5 heteroatoms. The van der Waals surface area contributed by atoms with E-state index in [2.05, 4.69) is 0 Å². The zero-order valence-electron chi connectivity index (χ0n) is 12.9. The fraction of sp³-hybridized carbons (Fsp3) is 0.235. The molecule has 0 saturated heterocycles. The highest BCUT2D eigenvalue weighted by Crippen LogP contribution is 2.25. The molecule has 1 amide bonds. The molecule has 2 aromatic rings. The molecule has 0 fully saturated rings. The molecule has 0 N–H and O–H groups in total. The standard InChI is InChI=1S/C17H19NO4/c1-18(17(19)9-8-14-5-4-10-22-14)12-13-6-7-15(20-2)11-16(13)21-3/h4-11H,12H2,1-3H3/b9-8+. The van der Waals surface area contributed by atoms with Gasteiger partial charge in [-0.3, -0.25) is 4.79 Å². The quantitative estimate of drug-likeness (QED) is 0.770. The third-order valence-corrected chi connectivity index (χ3v) is 3.21. The molecule has 0 aliphatic heterocycles. The molecule has 1 heterocycles. The van der Waals surface area contributed by atoms with E-state index in [0.29, 0.717) is 23.8 Å².